The lowest BCUT2D eigenvalue weighted by atomic mass is 9.76. The van der Waals surface area contributed by atoms with Crippen LogP contribution >= 0.6 is 0 Å². The summed E-state index contributed by atoms with van der Waals surface area (Å²) in [5, 5.41) is 19.8. The molecule has 0 fully saturated rings. The minimum Gasteiger partial charge on any atom is -0.454 e. The molecular formula is C136H91N13O. The van der Waals surface area contributed by atoms with Crippen LogP contribution in [0.2, 0.25) is 0 Å². The van der Waals surface area contributed by atoms with Gasteiger partial charge in [-0.1, -0.05) is 246 Å². The maximum Gasteiger partial charge on any atom is 0.160 e. The van der Waals surface area contributed by atoms with E-state index in [0.29, 0.717) is 23.3 Å². The van der Waals surface area contributed by atoms with Crippen molar-refractivity contribution in [2.75, 3.05) is 0 Å². The van der Waals surface area contributed by atoms with Gasteiger partial charge in [-0.2, -0.15) is 0 Å². The predicted octanol–water partition coefficient (Wildman–Crippen LogP) is 31.7. The van der Waals surface area contributed by atoms with Crippen molar-refractivity contribution in [3.05, 3.63) is 497 Å². The first kappa shape index (κ1) is 85.5. The van der Waals surface area contributed by atoms with Gasteiger partial charge in [0.1, 0.15) is 5.58 Å². The van der Waals surface area contributed by atoms with Gasteiger partial charge in [0.2, 0.25) is 0 Å². The number of pyridine rings is 2. The maximum atomic E-state index is 6.93. The van der Waals surface area contributed by atoms with E-state index in [9.17, 15) is 0 Å². The molecule has 150 heavy (non-hydrogen) atoms. The van der Waals surface area contributed by atoms with Crippen molar-refractivity contribution >= 4 is 141 Å². The second-order valence-corrected chi connectivity index (χ2v) is 41.9. The van der Waals surface area contributed by atoms with Crippen LogP contribution in [0.4, 0.5) is 0 Å². The Hall–Kier alpha value is -18.9. The fourth-order valence-corrected chi connectivity index (χ4v) is 26.6. The molecule has 0 radical (unpaired) electrons. The van der Waals surface area contributed by atoms with E-state index in [-0.39, 0.29) is 10.8 Å². The van der Waals surface area contributed by atoms with Crippen molar-refractivity contribution in [1.29, 1.82) is 0 Å². The molecule has 0 spiro atoms. The number of nitrogens with zero attached hydrogens (tertiary/aromatic N) is 13. The Bertz CT molecular complexity index is 10600. The van der Waals surface area contributed by atoms with E-state index in [1.165, 1.54) is 198 Å². The summed E-state index contributed by atoms with van der Waals surface area (Å²) in [6.45, 7) is 9.66. The lowest BCUT2D eigenvalue weighted by molar-refractivity contribution is 0.663. The fraction of sp³-hybridized carbons (Fsp3) is 0.0882. The smallest absolute Gasteiger partial charge is 0.160 e. The van der Waals surface area contributed by atoms with Crippen LogP contribution in [0.5, 0.6) is 0 Å². The Morgan fingerprint density at radius 3 is 1.15 bits per heavy atom. The largest absolute Gasteiger partial charge is 0.454 e. The molecule has 28 aromatic rings. The summed E-state index contributed by atoms with van der Waals surface area (Å²) in [6.07, 6.45) is 23.7. The number of hydrogen-bond donors (Lipinski definition) is 0. The van der Waals surface area contributed by atoms with Crippen molar-refractivity contribution < 1.29 is 4.42 Å². The third-order valence-electron chi connectivity index (χ3n) is 33.0. The van der Waals surface area contributed by atoms with Crippen molar-refractivity contribution in [2.45, 2.75) is 77.0 Å². The van der Waals surface area contributed by atoms with Crippen molar-refractivity contribution in [3.8, 4) is 84.9 Å². The van der Waals surface area contributed by atoms with Gasteiger partial charge in [0.05, 0.1) is 49.8 Å². The second kappa shape index (κ2) is 32.8. The minimum atomic E-state index is -0.236. The highest BCUT2D eigenvalue weighted by atomic mass is 16.3. The third-order valence-corrected chi connectivity index (χ3v) is 33.0. The zero-order valence-corrected chi connectivity index (χ0v) is 82.6. The van der Waals surface area contributed by atoms with Crippen LogP contribution in [-0.4, -0.2) is 63.5 Å². The van der Waals surface area contributed by atoms with E-state index in [0.717, 1.165) is 133 Å². The molecule has 0 atom stereocenters. The number of aromatic nitrogens is 13. The monoisotopic (exact) mass is 1920 g/mol. The zero-order valence-electron chi connectivity index (χ0n) is 82.6. The summed E-state index contributed by atoms with van der Waals surface area (Å²) in [5.74, 6) is 2.61. The quantitative estimate of drug-likeness (QED) is 0.140. The second-order valence-electron chi connectivity index (χ2n) is 41.9. The van der Waals surface area contributed by atoms with Gasteiger partial charge in [-0.05, 0) is 310 Å². The lowest BCUT2D eigenvalue weighted by Gasteiger charge is -2.28. The Balaban J connectivity index is 0.000000101. The Morgan fingerprint density at radius 1 is 0.240 bits per heavy atom. The number of rotatable bonds is 7. The van der Waals surface area contributed by atoms with E-state index in [1.54, 1.807) is 49.6 Å². The van der Waals surface area contributed by atoms with Crippen molar-refractivity contribution in [3.63, 3.8) is 0 Å². The van der Waals surface area contributed by atoms with Gasteiger partial charge in [0.15, 0.2) is 28.9 Å². The molecule has 5 aliphatic rings. The van der Waals surface area contributed by atoms with Crippen LogP contribution in [0, 0.1) is 0 Å². The lowest BCUT2D eigenvalue weighted by Crippen LogP contribution is -2.18. The van der Waals surface area contributed by atoms with Gasteiger partial charge in [-0.15, -0.1) is 0 Å². The van der Waals surface area contributed by atoms with Crippen molar-refractivity contribution in [2.24, 2.45) is 0 Å². The number of hydrogen-bond acceptors (Lipinski definition) is 11. The summed E-state index contributed by atoms with van der Waals surface area (Å²) in [6, 6.07) is 126. The average molecular weight is 1920 g/mol. The highest BCUT2D eigenvalue weighted by molar-refractivity contribution is 6.36. The highest BCUT2D eigenvalue weighted by Crippen LogP contribution is 2.61. The number of para-hydroxylation sites is 4. The molecule has 10 heterocycles. The molecule has 0 bridgehead atoms. The van der Waals surface area contributed by atoms with Gasteiger partial charge in [-0.3, -0.25) is 9.97 Å². The molecule has 0 N–H and O–H groups in total. The van der Waals surface area contributed by atoms with E-state index in [2.05, 4.69) is 391 Å². The summed E-state index contributed by atoms with van der Waals surface area (Å²) in [4.78, 5) is 46.9. The summed E-state index contributed by atoms with van der Waals surface area (Å²) >= 11 is 0. The van der Waals surface area contributed by atoms with E-state index in [4.69, 9.17) is 14.4 Å². The number of furan rings is 1. The Labute approximate surface area is 862 Å². The molecule has 14 nitrogen and oxygen atoms in total. The molecule has 14 heteroatoms. The SMILES string of the molecule is CC1(C)c2ccccc2-c2c1c1c(c3cc4c(cc23)Cc2ccccc2C4)c2ccccc2n1-c1ccnc2c1ccc1cccnc12.CC1(C)c2ccccc2-c2c3c(c4c5ccccc5n(-c5cc(-c6ncccn6)cc(-c6ncccn6)c5)c4c21)Cc1cc2ccccc2cc1C3.c1cnc(-c2cc(-c3ncccn3)cc(-n3c4ccccc4c4c5cc6c(cc5c5c7ccccc7oc5c43)Cc3ccccc3C6)c2)nc1. The summed E-state index contributed by atoms with van der Waals surface area (Å²) in [5.41, 5.74) is 45.2. The van der Waals surface area contributed by atoms with E-state index in [1.807, 2.05) is 48.8 Å². The Kier molecular flexibility index (Phi) is 18.7. The molecule has 0 saturated heterocycles. The fourth-order valence-electron chi connectivity index (χ4n) is 26.6. The molecule has 10 aromatic heterocycles. The van der Waals surface area contributed by atoms with Crippen LogP contribution in [-0.2, 0) is 49.4 Å². The first-order valence-electron chi connectivity index (χ1n) is 51.8. The summed E-state index contributed by atoms with van der Waals surface area (Å²) < 4.78 is 14.3. The molecular weight excluding hydrogens is 1830 g/mol. The van der Waals surface area contributed by atoms with Gasteiger partial charge in [0, 0.05) is 160 Å². The first-order valence-corrected chi connectivity index (χ1v) is 51.8. The van der Waals surface area contributed by atoms with Gasteiger partial charge >= 0.3 is 0 Å². The molecule has 0 saturated carbocycles. The van der Waals surface area contributed by atoms with E-state index < -0.39 is 0 Å². The molecule has 5 aliphatic carbocycles. The van der Waals surface area contributed by atoms with Crippen LogP contribution < -0.4 is 0 Å². The molecule has 0 aliphatic heterocycles. The summed E-state index contributed by atoms with van der Waals surface area (Å²) in [7, 11) is 0. The van der Waals surface area contributed by atoms with Gasteiger partial charge in [0.25, 0.3) is 0 Å². The minimum absolute atomic E-state index is 0.204. The Morgan fingerprint density at radius 2 is 0.620 bits per heavy atom. The van der Waals surface area contributed by atoms with Crippen LogP contribution in [0.3, 0.4) is 0 Å². The number of fused-ring (bicyclic) bond motifs is 39. The molecule has 0 unspecified atom stereocenters. The molecule has 0 amide bonds. The van der Waals surface area contributed by atoms with Crippen LogP contribution in [0.15, 0.2) is 412 Å². The third kappa shape index (κ3) is 12.8. The highest BCUT2D eigenvalue weighted by Gasteiger charge is 2.45. The average Bonchev–Trinajstić information content (AvgIpc) is 1.51. The number of benzene rings is 18. The topological polar surface area (TPSA) is 157 Å². The normalized spacial score (nSPS) is 13.7. The van der Waals surface area contributed by atoms with Crippen LogP contribution in [0.1, 0.15) is 117 Å². The maximum absolute atomic E-state index is 6.93. The first-order chi connectivity index (χ1) is 73.9. The molecule has 18 aromatic carbocycles. The molecule has 706 valence electrons. The van der Waals surface area contributed by atoms with Crippen LogP contribution in [0.25, 0.3) is 226 Å². The predicted molar refractivity (Wildman–Crippen MR) is 608 cm³/mol. The van der Waals surface area contributed by atoms with Gasteiger partial charge in [-0.25, -0.2) is 39.9 Å². The standard InChI is InChI=1S/C47H33N5.C45H31N3.C44H27N5O/c1-47(2)39-15-7-5-13-35(39)41-37-26-30-21-28-11-3-4-12-29(28)22-31(30)27-38(37)42-36-14-6-8-16-40(36)52(44(42)43(41)47)34-24-32(45-48-17-9-18-49-45)23-33(25-34)46-50-19-10-20-51-46;1-45(2)36-15-7-5-13-31(36)39-34-24-29-22-27-10-3-4-11-28(27)23-30(29)25-35(34)40-32-14-6-8-16-37(32)48(44(40)41(39)45)38-19-21-47-43-33(38)18-17-26-12-9-20-46-42(26)43;1-2-10-27-20-29-25-36-35(24-28(29)19-26(27)9-1)39-33-11-3-5-13-37(33)49(41(39)42-40(36)34-12-4-6-14-38(34)50-42)32-22-30(43-45-15-7-16-46-43)21-31(23-32)44-47-17-8-18-48-44/h3-25H,26-27H2,1-2H3;3-21,24-25H,22-23H2,1-2H3;1-18,21-25H,19-20H2. The van der Waals surface area contributed by atoms with Gasteiger partial charge < -0.3 is 18.1 Å². The van der Waals surface area contributed by atoms with Crippen molar-refractivity contribution in [1.82, 2.24) is 63.5 Å². The molecule has 33 rings (SSSR count). The van der Waals surface area contributed by atoms with E-state index >= 15 is 0 Å². The zero-order chi connectivity index (χ0) is 99.0.